The van der Waals surface area contributed by atoms with Crippen LogP contribution in [0.4, 0.5) is 0 Å². The van der Waals surface area contributed by atoms with E-state index in [0.29, 0.717) is 0 Å². The van der Waals surface area contributed by atoms with Crippen molar-refractivity contribution in [2.24, 2.45) is 4.99 Å². The Kier molecular flexibility index (Phi) is 11.4. The summed E-state index contributed by atoms with van der Waals surface area (Å²) in [5.41, 5.74) is 12.8. The summed E-state index contributed by atoms with van der Waals surface area (Å²) in [6, 6.07) is 47.3. The van der Waals surface area contributed by atoms with Crippen LogP contribution in [0.15, 0.2) is 138 Å². The minimum Gasteiger partial charge on any atom is -0.313 e. The second kappa shape index (κ2) is 16.0. The Hall–Kier alpha value is -4.99. The minimum absolute atomic E-state index is 0.104. The van der Waals surface area contributed by atoms with Crippen molar-refractivity contribution in [3.05, 3.63) is 173 Å². The van der Waals surface area contributed by atoms with Gasteiger partial charge in [0.2, 0.25) is 0 Å². The molecule has 2 unspecified atom stereocenters. The van der Waals surface area contributed by atoms with Crippen molar-refractivity contribution < 1.29 is 0 Å². The molecule has 2 atom stereocenters. The molecule has 0 bridgehead atoms. The van der Waals surface area contributed by atoms with Crippen LogP contribution in [0, 0.1) is 6.92 Å². The number of benzene rings is 5. The molecule has 47 heavy (non-hydrogen) atoms. The summed E-state index contributed by atoms with van der Waals surface area (Å²) in [5.74, 6) is 0. The summed E-state index contributed by atoms with van der Waals surface area (Å²) in [4.78, 5) is 4.36. The highest BCUT2D eigenvalue weighted by molar-refractivity contribution is 6.01. The predicted octanol–water partition coefficient (Wildman–Crippen LogP) is 11.4. The standard InChI is InChI=1S/C34H31N3.C8H10.C2H6/c1-23-14-16-25(17-15-23)28-20-31-30-19-18-27(24(2)36-34(35-3)26-10-6-4-7-11-26)21-32(30)37(33(31)22-28)29-12-8-5-9-13-29;1-2-8-6-4-3-5-7-8;1-2/h4-21,24,34,36H,3,22H2,1-2H3;3-7H,2H2,1H3;1-2H3. The Balaban J connectivity index is 0.000000376. The van der Waals surface area contributed by atoms with Gasteiger partial charge in [-0.3, -0.25) is 10.3 Å². The van der Waals surface area contributed by atoms with Gasteiger partial charge in [-0.2, -0.15) is 0 Å². The zero-order valence-electron chi connectivity index (χ0n) is 28.4. The number of nitrogens with zero attached hydrogens (tertiary/aromatic N) is 2. The highest BCUT2D eigenvalue weighted by Crippen LogP contribution is 2.41. The van der Waals surface area contributed by atoms with E-state index in [2.05, 4.69) is 158 Å². The summed E-state index contributed by atoms with van der Waals surface area (Å²) in [6.07, 6.45) is 4.29. The SMILES string of the molecule is C=NC(NC(C)c1ccc2c3c(n(-c4ccccc4)c2c1)CC(c1ccc(C)cc1)=C3)c1ccccc1.CC.CCc1ccccc1. The molecule has 0 aliphatic heterocycles. The number of aryl methyl sites for hydroxylation is 2. The van der Waals surface area contributed by atoms with E-state index in [1.54, 1.807) is 0 Å². The fraction of sp³-hybridized carbons (Fsp3) is 0.205. The van der Waals surface area contributed by atoms with Gasteiger partial charge in [-0.1, -0.05) is 142 Å². The molecule has 0 amide bonds. The second-order valence-electron chi connectivity index (χ2n) is 11.7. The van der Waals surface area contributed by atoms with Crippen molar-refractivity contribution in [2.75, 3.05) is 0 Å². The van der Waals surface area contributed by atoms with Gasteiger partial charge in [0.05, 0.1) is 5.52 Å². The first-order valence-corrected chi connectivity index (χ1v) is 16.9. The topological polar surface area (TPSA) is 29.3 Å². The monoisotopic (exact) mass is 617 g/mol. The summed E-state index contributed by atoms with van der Waals surface area (Å²) in [5, 5.41) is 4.95. The molecule has 1 heterocycles. The van der Waals surface area contributed by atoms with Crippen molar-refractivity contribution in [2.45, 2.75) is 59.7 Å². The highest BCUT2D eigenvalue weighted by Gasteiger charge is 2.25. The molecule has 0 saturated carbocycles. The maximum atomic E-state index is 4.36. The van der Waals surface area contributed by atoms with E-state index in [1.165, 1.54) is 55.7 Å². The van der Waals surface area contributed by atoms with E-state index in [0.717, 1.165) is 18.4 Å². The number of aliphatic imine (C=N–C) groups is 1. The molecule has 0 saturated heterocycles. The largest absolute Gasteiger partial charge is 0.313 e. The zero-order valence-corrected chi connectivity index (χ0v) is 28.4. The molecule has 5 aromatic carbocycles. The van der Waals surface area contributed by atoms with Crippen LogP contribution in [-0.2, 0) is 12.8 Å². The summed E-state index contributed by atoms with van der Waals surface area (Å²) >= 11 is 0. The molecule has 1 aliphatic carbocycles. The first-order valence-electron chi connectivity index (χ1n) is 16.9. The zero-order chi connectivity index (χ0) is 33.2. The van der Waals surface area contributed by atoms with E-state index in [9.17, 15) is 0 Å². The Morgan fingerprint density at radius 1 is 0.766 bits per heavy atom. The number of rotatable bonds is 8. The van der Waals surface area contributed by atoms with Gasteiger partial charge < -0.3 is 4.57 Å². The van der Waals surface area contributed by atoms with Crippen molar-refractivity contribution >= 4 is 29.3 Å². The first-order chi connectivity index (χ1) is 23.1. The van der Waals surface area contributed by atoms with Crippen LogP contribution in [0.25, 0.3) is 28.2 Å². The second-order valence-corrected chi connectivity index (χ2v) is 11.7. The van der Waals surface area contributed by atoms with Crippen LogP contribution in [-0.4, -0.2) is 11.3 Å². The summed E-state index contributed by atoms with van der Waals surface area (Å²) in [7, 11) is 0. The fourth-order valence-electron chi connectivity index (χ4n) is 6.15. The Morgan fingerprint density at radius 2 is 1.38 bits per heavy atom. The molecule has 3 nitrogen and oxygen atoms in total. The third kappa shape index (κ3) is 7.70. The third-order valence-corrected chi connectivity index (χ3v) is 8.70. The molecule has 238 valence electrons. The van der Waals surface area contributed by atoms with Gasteiger partial charge in [0.25, 0.3) is 0 Å². The van der Waals surface area contributed by atoms with Gasteiger partial charge in [0.1, 0.15) is 6.17 Å². The normalized spacial score (nSPS) is 12.9. The van der Waals surface area contributed by atoms with Gasteiger partial charge in [-0.15, -0.1) is 0 Å². The van der Waals surface area contributed by atoms with Gasteiger partial charge in [-0.05, 0) is 79.1 Å². The van der Waals surface area contributed by atoms with Crippen LogP contribution >= 0.6 is 0 Å². The van der Waals surface area contributed by atoms with Crippen LogP contribution in [0.3, 0.4) is 0 Å². The van der Waals surface area contributed by atoms with Gasteiger partial charge in [0, 0.05) is 34.8 Å². The molecular formula is C44H47N3. The van der Waals surface area contributed by atoms with Crippen molar-refractivity contribution in [3.8, 4) is 5.69 Å². The fourth-order valence-corrected chi connectivity index (χ4v) is 6.15. The van der Waals surface area contributed by atoms with Crippen LogP contribution in [0.5, 0.6) is 0 Å². The van der Waals surface area contributed by atoms with Gasteiger partial charge >= 0.3 is 0 Å². The van der Waals surface area contributed by atoms with E-state index in [4.69, 9.17) is 0 Å². The quantitative estimate of drug-likeness (QED) is 0.169. The van der Waals surface area contributed by atoms with Crippen molar-refractivity contribution in [1.82, 2.24) is 9.88 Å². The van der Waals surface area contributed by atoms with Crippen LogP contribution in [0.2, 0.25) is 0 Å². The molecular weight excluding hydrogens is 571 g/mol. The lowest BCUT2D eigenvalue weighted by Gasteiger charge is -2.21. The Bertz CT molecular complexity index is 1900. The molecule has 1 aliphatic rings. The average Bonchev–Trinajstić information content (AvgIpc) is 3.70. The van der Waals surface area contributed by atoms with E-state index in [-0.39, 0.29) is 12.2 Å². The molecule has 6 aromatic rings. The lowest BCUT2D eigenvalue weighted by Crippen LogP contribution is -2.23. The maximum Gasteiger partial charge on any atom is 0.125 e. The number of allylic oxidation sites excluding steroid dienone is 1. The Labute approximate surface area is 281 Å². The van der Waals surface area contributed by atoms with E-state index >= 15 is 0 Å². The van der Waals surface area contributed by atoms with Crippen LogP contribution < -0.4 is 5.32 Å². The molecule has 7 rings (SSSR count). The lowest BCUT2D eigenvalue weighted by molar-refractivity contribution is 0.483. The smallest absolute Gasteiger partial charge is 0.125 e. The highest BCUT2D eigenvalue weighted by atomic mass is 15.1. The molecule has 1 N–H and O–H groups in total. The van der Waals surface area contributed by atoms with Crippen molar-refractivity contribution in [3.63, 3.8) is 0 Å². The Morgan fingerprint density at radius 3 is 1.98 bits per heavy atom. The van der Waals surface area contributed by atoms with Crippen LogP contribution in [0.1, 0.15) is 79.0 Å². The molecule has 0 radical (unpaired) electrons. The molecule has 1 aromatic heterocycles. The molecule has 0 fully saturated rings. The lowest BCUT2D eigenvalue weighted by atomic mass is 10.0. The van der Waals surface area contributed by atoms with Gasteiger partial charge in [-0.25, -0.2) is 0 Å². The van der Waals surface area contributed by atoms with E-state index < -0.39 is 0 Å². The van der Waals surface area contributed by atoms with Gasteiger partial charge in [0.15, 0.2) is 0 Å². The first kappa shape index (κ1) is 33.4. The summed E-state index contributed by atoms with van der Waals surface area (Å²) in [6.45, 7) is 14.3. The summed E-state index contributed by atoms with van der Waals surface area (Å²) < 4.78 is 2.44. The molecule has 0 spiro atoms. The number of hydrogen-bond donors (Lipinski definition) is 1. The maximum absolute atomic E-state index is 4.36. The molecule has 3 heteroatoms. The number of nitrogens with one attached hydrogen (secondary N) is 1. The number of hydrogen-bond acceptors (Lipinski definition) is 2. The average molecular weight is 618 g/mol. The number of aromatic nitrogens is 1. The number of fused-ring (bicyclic) bond motifs is 3. The minimum atomic E-state index is -0.155. The predicted molar refractivity (Wildman–Crippen MR) is 203 cm³/mol. The third-order valence-electron chi connectivity index (χ3n) is 8.70. The van der Waals surface area contributed by atoms with Crippen molar-refractivity contribution in [1.29, 1.82) is 0 Å². The number of para-hydroxylation sites is 1. The van der Waals surface area contributed by atoms with E-state index in [1.807, 2.05) is 38.1 Å².